The van der Waals surface area contributed by atoms with Crippen LogP contribution in [0, 0.1) is 0 Å². The van der Waals surface area contributed by atoms with Crippen molar-refractivity contribution in [2.45, 2.75) is 13.0 Å². The fourth-order valence-electron chi connectivity index (χ4n) is 2.25. The van der Waals surface area contributed by atoms with Gasteiger partial charge in [-0.15, -0.1) is 11.3 Å². The zero-order valence-corrected chi connectivity index (χ0v) is 16.3. The Morgan fingerprint density at radius 1 is 1.19 bits per heavy atom. The molecule has 140 valence electrons. The largest absolute Gasteiger partial charge is 0.496 e. The lowest BCUT2D eigenvalue weighted by Gasteiger charge is -2.15. The molecule has 1 aromatic carbocycles. The van der Waals surface area contributed by atoms with Crippen LogP contribution >= 0.6 is 11.3 Å². The summed E-state index contributed by atoms with van der Waals surface area (Å²) in [5.41, 5.74) is 0.994. The van der Waals surface area contributed by atoms with Crippen LogP contribution in [0.15, 0.2) is 46.8 Å². The third-order valence-corrected chi connectivity index (χ3v) is 4.69. The number of amides is 1. The normalized spacial score (nSPS) is 11.1. The maximum absolute atomic E-state index is 11.8. The maximum atomic E-state index is 11.8. The molecular formula is C19H26N4O2S. The van der Waals surface area contributed by atoms with Crippen LogP contribution in [-0.4, -0.2) is 51.1 Å². The molecule has 1 aromatic heterocycles. The van der Waals surface area contributed by atoms with Crippen molar-refractivity contribution in [1.29, 1.82) is 0 Å². The average Bonchev–Trinajstić information content (AvgIpc) is 3.16. The van der Waals surface area contributed by atoms with Gasteiger partial charge in [-0.2, -0.15) is 0 Å². The van der Waals surface area contributed by atoms with Gasteiger partial charge in [-0.3, -0.25) is 4.79 Å². The van der Waals surface area contributed by atoms with Crippen molar-refractivity contribution in [2.75, 3.05) is 34.3 Å². The van der Waals surface area contributed by atoms with Crippen molar-refractivity contribution in [2.24, 2.45) is 4.99 Å². The van der Waals surface area contributed by atoms with Crippen LogP contribution in [0.1, 0.15) is 10.4 Å². The van der Waals surface area contributed by atoms with Gasteiger partial charge in [0.1, 0.15) is 5.75 Å². The molecule has 0 fully saturated rings. The summed E-state index contributed by atoms with van der Waals surface area (Å²) in [6.45, 7) is 1.41. The van der Waals surface area contributed by atoms with Gasteiger partial charge in [0.2, 0.25) is 5.91 Å². The number of para-hydroxylation sites is 1. The van der Waals surface area contributed by atoms with Crippen molar-refractivity contribution in [3.05, 3.63) is 52.2 Å². The number of guanidine groups is 1. The Morgan fingerprint density at radius 3 is 2.69 bits per heavy atom. The van der Waals surface area contributed by atoms with E-state index < -0.39 is 0 Å². The number of carbonyl (C=O) groups is 1. The summed E-state index contributed by atoms with van der Waals surface area (Å²) in [7, 11) is 5.12. The highest BCUT2D eigenvalue weighted by Gasteiger charge is 2.07. The Hall–Kier alpha value is -2.54. The predicted octanol–water partition coefficient (Wildman–Crippen LogP) is 2.12. The van der Waals surface area contributed by atoms with Gasteiger partial charge in [0.15, 0.2) is 5.96 Å². The van der Waals surface area contributed by atoms with Crippen LogP contribution in [0.25, 0.3) is 0 Å². The van der Waals surface area contributed by atoms with E-state index in [9.17, 15) is 4.79 Å². The SMILES string of the molecule is COc1ccccc1CN=C(NCCc1cccs1)NCC(=O)N(C)C. The van der Waals surface area contributed by atoms with Gasteiger partial charge in [-0.1, -0.05) is 24.3 Å². The number of ether oxygens (including phenoxy) is 1. The van der Waals surface area contributed by atoms with Crippen LogP contribution in [0.5, 0.6) is 5.75 Å². The summed E-state index contributed by atoms with van der Waals surface area (Å²) in [5.74, 6) is 1.41. The number of nitrogens with zero attached hydrogens (tertiary/aromatic N) is 2. The van der Waals surface area contributed by atoms with E-state index >= 15 is 0 Å². The van der Waals surface area contributed by atoms with Crippen molar-refractivity contribution < 1.29 is 9.53 Å². The van der Waals surface area contributed by atoms with Crippen molar-refractivity contribution in [1.82, 2.24) is 15.5 Å². The van der Waals surface area contributed by atoms with Crippen molar-refractivity contribution in [3.8, 4) is 5.75 Å². The molecule has 2 rings (SSSR count). The average molecular weight is 375 g/mol. The lowest BCUT2D eigenvalue weighted by molar-refractivity contribution is -0.127. The summed E-state index contributed by atoms with van der Waals surface area (Å²) in [6.07, 6.45) is 0.911. The van der Waals surface area contributed by atoms with E-state index in [1.807, 2.05) is 30.3 Å². The highest BCUT2D eigenvalue weighted by Crippen LogP contribution is 2.17. The van der Waals surface area contributed by atoms with Gasteiger partial charge in [-0.25, -0.2) is 4.99 Å². The molecule has 0 unspecified atom stereocenters. The summed E-state index contributed by atoms with van der Waals surface area (Å²) in [5, 5.41) is 8.46. The first-order chi connectivity index (χ1) is 12.6. The zero-order valence-electron chi connectivity index (χ0n) is 15.5. The molecule has 7 heteroatoms. The van der Waals surface area contributed by atoms with E-state index in [2.05, 4.69) is 27.1 Å². The molecule has 6 nitrogen and oxygen atoms in total. The molecular weight excluding hydrogens is 348 g/mol. The number of thiophene rings is 1. The molecule has 0 aliphatic rings. The molecule has 0 atom stereocenters. The number of hydrogen-bond acceptors (Lipinski definition) is 4. The first kappa shape index (κ1) is 19.8. The second kappa shape index (κ2) is 10.5. The lowest BCUT2D eigenvalue weighted by atomic mass is 10.2. The third kappa shape index (κ3) is 6.40. The molecule has 1 heterocycles. The molecule has 2 N–H and O–H groups in total. The Morgan fingerprint density at radius 2 is 2.00 bits per heavy atom. The third-order valence-electron chi connectivity index (χ3n) is 3.75. The van der Waals surface area contributed by atoms with Gasteiger partial charge in [-0.05, 0) is 23.9 Å². The van der Waals surface area contributed by atoms with Crippen LogP contribution in [0.4, 0.5) is 0 Å². The Kier molecular flexibility index (Phi) is 7.95. The number of nitrogens with one attached hydrogen (secondary N) is 2. The van der Waals surface area contributed by atoms with Gasteiger partial charge in [0.05, 0.1) is 20.2 Å². The van der Waals surface area contributed by atoms with Crippen LogP contribution in [0.3, 0.4) is 0 Å². The molecule has 0 saturated heterocycles. The van der Waals surface area contributed by atoms with Gasteiger partial charge in [0, 0.05) is 31.1 Å². The van der Waals surface area contributed by atoms with Gasteiger partial charge in [0.25, 0.3) is 0 Å². The number of hydrogen-bond donors (Lipinski definition) is 2. The minimum atomic E-state index is -0.00458. The summed E-state index contributed by atoms with van der Waals surface area (Å²) in [4.78, 5) is 19.3. The van der Waals surface area contributed by atoms with E-state index in [0.717, 1.165) is 24.3 Å². The molecule has 0 bridgehead atoms. The van der Waals surface area contributed by atoms with E-state index in [1.54, 1.807) is 37.4 Å². The fourth-order valence-corrected chi connectivity index (χ4v) is 2.96. The Balaban J connectivity index is 1.99. The number of benzene rings is 1. The van der Waals surface area contributed by atoms with Crippen LogP contribution in [0.2, 0.25) is 0 Å². The molecule has 2 aromatic rings. The molecule has 0 saturated carbocycles. The zero-order chi connectivity index (χ0) is 18.8. The van der Waals surface area contributed by atoms with E-state index in [-0.39, 0.29) is 12.5 Å². The summed E-state index contributed by atoms with van der Waals surface area (Å²) >= 11 is 1.73. The van der Waals surface area contributed by atoms with Gasteiger partial charge < -0.3 is 20.3 Å². The standard InChI is InChI=1S/C19H26N4O2S/c1-23(2)18(24)14-22-19(20-11-10-16-8-6-12-26-16)21-13-15-7-4-5-9-17(15)25-3/h4-9,12H,10-11,13-14H2,1-3H3,(H2,20,21,22). The van der Waals surface area contributed by atoms with Crippen LogP contribution in [-0.2, 0) is 17.8 Å². The second-order valence-electron chi connectivity index (χ2n) is 5.87. The van der Waals surface area contributed by atoms with E-state index in [1.165, 1.54) is 4.88 Å². The molecule has 0 aliphatic heterocycles. The van der Waals surface area contributed by atoms with E-state index in [4.69, 9.17) is 4.74 Å². The Bertz CT molecular complexity index is 714. The second-order valence-corrected chi connectivity index (χ2v) is 6.91. The molecule has 1 amide bonds. The van der Waals surface area contributed by atoms with Gasteiger partial charge >= 0.3 is 0 Å². The smallest absolute Gasteiger partial charge is 0.241 e. The summed E-state index contributed by atoms with van der Waals surface area (Å²) < 4.78 is 5.37. The quantitative estimate of drug-likeness (QED) is 0.549. The number of likely N-dealkylation sites (N-methyl/N-ethyl adjacent to an activating group) is 1. The van der Waals surface area contributed by atoms with E-state index in [0.29, 0.717) is 12.5 Å². The maximum Gasteiger partial charge on any atom is 0.241 e. The Labute approximate surface area is 158 Å². The van der Waals surface area contributed by atoms with Crippen molar-refractivity contribution >= 4 is 23.2 Å². The fraction of sp³-hybridized carbons (Fsp3) is 0.368. The molecule has 0 radical (unpaired) electrons. The number of carbonyl (C=O) groups excluding carboxylic acids is 1. The molecule has 26 heavy (non-hydrogen) atoms. The number of methoxy groups -OCH3 is 1. The monoisotopic (exact) mass is 374 g/mol. The highest BCUT2D eigenvalue weighted by molar-refractivity contribution is 7.09. The highest BCUT2D eigenvalue weighted by atomic mass is 32.1. The topological polar surface area (TPSA) is 66.0 Å². The molecule has 0 aliphatic carbocycles. The first-order valence-corrected chi connectivity index (χ1v) is 9.34. The van der Waals surface area contributed by atoms with Crippen molar-refractivity contribution in [3.63, 3.8) is 0 Å². The first-order valence-electron chi connectivity index (χ1n) is 8.46. The minimum absolute atomic E-state index is 0.00458. The minimum Gasteiger partial charge on any atom is -0.496 e. The molecule has 0 spiro atoms. The number of rotatable bonds is 8. The van der Waals surface area contributed by atoms with Crippen LogP contribution < -0.4 is 15.4 Å². The number of aliphatic imine (C=N–C) groups is 1. The summed E-state index contributed by atoms with van der Waals surface area (Å²) in [6, 6.07) is 11.9. The predicted molar refractivity (Wildman–Crippen MR) is 107 cm³/mol. The lowest BCUT2D eigenvalue weighted by Crippen LogP contribution is -2.43.